The molecule has 1 saturated heterocycles. The number of alkyl halides is 3. The summed E-state index contributed by atoms with van der Waals surface area (Å²) >= 11 is 0. The molecule has 1 aliphatic rings. The summed E-state index contributed by atoms with van der Waals surface area (Å²) in [7, 11) is 0. The third-order valence-electron chi connectivity index (χ3n) is 4.71. The van der Waals surface area contributed by atoms with E-state index in [2.05, 4.69) is 5.10 Å². The van der Waals surface area contributed by atoms with E-state index in [0.29, 0.717) is 5.56 Å². The summed E-state index contributed by atoms with van der Waals surface area (Å²) in [6.45, 7) is -0.915. The van der Waals surface area contributed by atoms with Gasteiger partial charge in [0, 0.05) is 31.0 Å². The van der Waals surface area contributed by atoms with E-state index >= 15 is 0 Å². The molecule has 1 aliphatic heterocycles. The maximum absolute atomic E-state index is 12.6. The molecule has 2 aromatic rings. The molecule has 144 valence electrons. The Morgan fingerprint density at radius 2 is 1.78 bits per heavy atom. The second kappa shape index (κ2) is 7.42. The van der Waals surface area contributed by atoms with Crippen molar-refractivity contribution >= 4 is 11.8 Å². The Morgan fingerprint density at radius 1 is 1.11 bits per heavy atom. The second-order valence-corrected chi connectivity index (χ2v) is 6.44. The molecule has 0 saturated carbocycles. The highest BCUT2D eigenvalue weighted by atomic mass is 19.4. The predicted molar refractivity (Wildman–Crippen MR) is 90.8 cm³/mol. The van der Waals surface area contributed by atoms with E-state index in [4.69, 9.17) is 0 Å². The van der Waals surface area contributed by atoms with Crippen LogP contribution in [-0.4, -0.2) is 52.3 Å². The molecule has 1 fully saturated rings. The maximum Gasteiger partial charge on any atom is 0.405 e. The summed E-state index contributed by atoms with van der Waals surface area (Å²) in [4.78, 5) is 26.8. The van der Waals surface area contributed by atoms with Gasteiger partial charge in [-0.2, -0.15) is 18.3 Å². The van der Waals surface area contributed by atoms with E-state index in [-0.39, 0.29) is 31.8 Å². The first-order valence-electron chi connectivity index (χ1n) is 8.51. The number of rotatable bonds is 4. The first-order chi connectivity index (χ1) is 12.8. The maximum atomic E-state index is 12.6. The standard InChI is InChI=1S/C18H19F3N4O2/c19-18(20,21)13-22-16(27)17(25-10-4-9-23-25)7-11-24(12-8-17)15(26)14-5-2-1-3-6-14/h1-6,9-10H,7-8,11-13H2,(H,22,27). The molecule has 2 heterocycles. The number of carbonyl (C=O) groups is 2. The van der Waals surface area contributed by atoms with Crippen LogP contribution in [0, 0.1) is 0 Å². The number of benzene rings is 1. The average Bonchev–Trinajstić information content (AvgIpc) is 3.21. The van der Waals surface area contributed by atoms with Gasteiger partial charge in [-0.05, 0) is 31.0 Å². The number of hydrogen-bond acceptors (Lipinski definition) is 3. The minimum atomic E-state index is -4.50. The van der Waals surface area contributed by atoms with Gasteiger partial charge >= 0.3 is 6.18 Å². The number of piperidine rings is 1. The van der Waals surface area contributed by atoms with Crippen molar-refractivity contribution in [2.24, 2.45) is 0 Å². The van der Waals surface area contributed by atoms with Gasteiger partial charge in [0.1, 0.15) is 12.1 Å². The van der Waals surface area contributed by atoms with Crippen LogP contribution in [-0.2, 0) is 10.3 Å². The summed E-state index contributed by atoms with van der Waals surface area (Å²) in [5.41, 5.74) is -0.715. The molecular formula is C18H19F3N4O2. The average molecular weight is 380 g/mol. The monoisotopic (exact) mass is 380 g/mol. The first kappa shape index (κ1) is 18.9. The normalized spacial score (nSPS) is 16.8. The zero-order valence-corrected chi connectivity index (χ0v) is 14.4. The van der Waals surface area contributed by atoms with Gasteiger partial charge in [0.2, 0.25) is 5.91 Å². The fraction of sp³-hybridized carbons (Fsp3) is 0.389. The van der Waals surface area contributed by atoms with Gasteiger partial charge in [-0.3, -0.25) is 14.3 Å². The predicted octanol–water partition coefficient (Wildman–Crippen LogP) is 2.19. The number of halogens is 3. The molecule has 1 aromatic carbocycles. The topological polar surface area (TPSA) is 67.2 Å². The summed E-state index contributed by atoms with van der Waals surface area (Å²) in [6, 6.07) is 10.3. The van der Waals surface area contributed by atoms with Gasteiger partial charge in [0.25, 0.3) is 5.91 Å². The van der Waals surface area contributed by atoms with Crippen LogP contribution in [0.15, 0.2) is 48.8 Å². The van der Waals surface area contributed by atoms with E-state index in [1.54, 1.807) is 47.5 Å². The molecule has 0 atom stereocenters. The zero-order chi connectivity index (χ0) is 19.5. The molecule has 0 bridgehead atoms. The molecule has 1 aromatic heterocycles. The number of nitrogens with zero attached hydrogens (tertiary/aromatic N) is 3. The Labute approximate surface area is 154 Å². The lowest BCUT2D eigenvalue weighted by Crippen LogP contribution is -2.57. The minimum Gasteiger partial charge on any atom is -0.345 e. The SMILES string of the molecule is O=C(c1ccccc1)N1CCC(C(=O)NCC(F)(F)F)(n2cccn2)CC1. The third-order valence-corrected chi connectivity index (χ3v) is 4.71. The van der Waals surface area contributed by atoms with Crippen LogP contribution in [0.25, 0.3) is 0 Å². The van der Waals surface area contributed by atoms with E-state index in [1.807, 2.05) is 5.32 Å². The number of nitrogens with one attached hydrogen (secondary N) is 1. The van der Waals surface area contributed by atoms with Gasteiger partial charge in [-0.25, -0.2) is 0 Å². The number of likely N-dealkylation sites (tertiary alicyclic amines) is 1. The molecule has 3 rings (SSSR count). The van der Waals surface area contributed by atoms with Crippen molar-refractivity contribution in [2.45, 2.75) is 24.6 Å². The fourth-order valence-corrected chi connectivity index (χ4v) is 3.27. The Bertz CT molecular complexity index is 783. The van der Waals surface area contributed by atoms with Crippen LogP contribution in [0.4, 0.5) is 13.2 Å². The van der Waals surface area contributed by atoms with Crippen molar-refractivity contribution in [2.75, 3.05) is 19.6 Å². The van der Waals surface area contributed by atoms with Gasteiger partial charge in [0.05, 0.1) is 0 Å². The Morgan fingerprint density at radius 3 is 2.33 bits per heavy atom. The lowest BCUT2D eigenvalue weighted by molar-refractivity contribution is -0.146. The van der Waals surface area contributed by atoms with Crippen molar-refractivity contribution in [3.8, 4) is 0 Å². The summed E-state index contributed by atoms with van der Waals surface area (Å²) in [5.74, 6) is -0.907. The summed E-state index contributed by atoms with van der Waals surface area (Å²) in [5, 5.41) is 6.05. The zero-order valence-electron chi connectivity index (χ0n) is 14.4. The van der Waals surface area contributed by atoms with Gasteiger partial charge in [-0.15, -0.1) is 0 Å². The number of carbonyl (C=O) groups excluding carboxylic acids is 2. The van der Waals surface area contributed by atoms with Crippen molar-refractivity contribution in [3.63, 3.8) is 0 Å². The highest BCUT2D eigenvalue weighted by Crippen LogP contribution is 2.31. The third kappa shape index (κ3) is 4.12. The van der Waals surface area contributed by atoms with Crippen LogP contribution >= 0.6 is 0 Å². The molecule has 0 spiro atoms. The summed E-state index contributed by atoms with van der Waals surface area (Å²) < 4.78 is 38.9. The lowest BCUT2D eigenvalue weighted by Gasteiger charge is -2.40. The Hall–Kier alpha value is -2.84. The quantitative estimate of drug-likeness (QED) is 0.884. The van der Waals surface area contributed by atoms with Crippen LogP contribution in [0.5, 0.6) is 0 Å². The first-order valence-corrected chi connectivity index (χ1v) is 8.51. The Kier molecular flexibility index (Phi) is 5.20. The molecular weight excluding hydrogens is 361 g/mol. The van der Waals surface area contributed by atoms with E-state index in [1.165, 1.54) is 10.9 Å². The fourth-order valence-electron chi connectivity index (χ4n) is 3.27. The molecule has 0 radical (unpaired) electrons. The smallest absolute Gasteiger partial charge is 0.345 e. The summed E-state index contributed by atoms with van der Waals surface area (Å²) in [6.07, 6.45) is -1.11. The van der Waals surface area contributed by atoms with E-state index in [0.717, 1.165) is 0 Å². The van der Waals surface area contributed by atoms with Crippen LogP contribution in [0.1, 0.15) is 23.2 Å². The second-order valence-electron chi connectivity index (χ2n) is 6.44. The lowest BCUT2D eigenvalue weighted by atomic mass is 9.86. The van der Waals surface area contributed by atoms with E-state index in [9.17, 15) is 22.8 Å². The van der Waals surface area contributed by atoms with Crippen molar-refractivity contribution < 1.29 is 22.8 Å². The molecule has 6 nitrogen and oxygen atoms in total. The highest BCUT2D eigenvalue weighted by molar-refractivity contribution is 5.94. The van der Waals surface area contributed by atoms with Crippen molar-refractivity contribution in [1.82, 2.24) is 20.0 Å². The van der Waals surface area contributed by atoms with Gasteiger partial charge < -0.3 is 10.2 Å². The number of hydrogen-bond donors (Lipinski definition) is 1. The molecule has 27 heavy (non-hydrogen) atoms. The number of aromatic nitrogens is 2. The highest BCUT2D eigenvalue weighted by Gasteiger charge is 2.45. The van der Waals surface area contributed by atoms with Crippen molar-refractivity contribution in [1.29, 1.82) is 0 Å². The van der Waals surface area contributed by atoms with E-state index < -0.39 is 24.2 Å². The van der Waals surface area contributed by atoms with Crippen LogP contribution in [0.3, 0.4) is 0 Å². The molecule has 9 heteroatoms. The largest absolute Gasteiger partial charge is 0.405 e. The molecule has 1 N–H and O–H groups in total. The van der Waals surface area contributed by atoms with Gasteiger partial charge in [0.15, 0.2) is 0 Å². The Balaban J connectivity index is 1.75. The molecule has 0 aliphatic carbocycles. The van der Waals surface area contributed by atoms with Crippen molar-refractivity contribution in [3.05, 3.63) is 54.4 Å². The number of amides is 2. The van der Waals surface area contributed by atoms with Crippen LogP contribution < -0.4 is 5.32 Å². The van der Waals surface area contributed by atoms with Crippen LogP contribution in [0.2, 0.25) is 0 Å². The van der Waals surface area contributed by atoms with Gasteiger partial charge in [-0.1, -0.05) is 18.2 Å². The molecule has 0 unspecified atom stereocenters. The molecule has 2 amide bonds. The minimum absolute atomic E-state index is 0.166.